The third-order valence-corrected chi connectivity index (χ3v) is 4.71. The minimum absolute atomic E-state index is 0.180. The van der Waals surface area contributed by atoms with Crippen molar-refractivity contribution in [3.05, 3.63) is 42.4 Å². The van der Waals surface area contributed by atoms with E-state index in [0.29, 0.717) is 5.92 Å². The fraction of sp³-hybridized carbons (Fsp3) is 0.438. The van der Waals surface area contributed by atoms with Gasteiger partial charge in [-0.1, -0.05) is 37.1 Å². The molecule has 0 bridgehead atoms. The van der Waals surface area contributed by atoms with Crippen LogP contribution in [-0.4, -0.2) is 20.8 Å². The molecule has 2 aliphatic rings. The second kappa shape index (κ2) is 4.20. The minimum Gasteiger partial charge on any atom is -0.393 e. The highest BCUT2D eigenvalue weighted by Gasteiger charge is 2.38. The maximum Gasteiger partial charge on any atom is 0.0956 e. The summed E-state index contributed by atoms with van der Waals surface area (Å²) in [6.45, 7) is 0. The lowest BCUT2D eigenvalue weighted by Crippen LogP contribution is -2.31. The molecule has 3 atom stereocenters. The zero-order valence-corrected chi connectivity index (χ0v) is 10.9. The van der Waals surface area contributed by atoms with E-state index in [0.717, 1.165) is 19.3 Å². The number of benzene rings is 1. The number of aliphatic hydroxyl groups excluding tert-OH is 1. The summed E-state index contributed by atoms with van der Waals surface area (Å²) >= 11 is 0. The van der Waals surface area contributed by atoms with Crippen molar-refractivity contribution >= 4 is 0 Å². The Morgan fingerprint density at radius 3 is 2.89 bits per heavy atom. The van der Waals surface area contributed by atoms with Crippen LogP contribution in [0.3, 0.4) is 0 Å². The quantitative estimate of drug-likeness (QED) is 0.849. The molecule has 1 aromatic carbocycles. The zero-order valence-electron chi connectivity index (χ0n) is 10.9. The number of imidazole rings is 1. The molecule has 1 unspecified atom stereocenters. The van der Waals surface area contributed by atoms with Crippen LogP contribution in [0.1, 0.15) is 37.3 Å². The van der Waals surface area contributed by atoms with Crippen molar-refractivity contribution < 1.29 is 5.11 Å². The van der Waals surface area contributed by atoms with E-state index < -0.39 is 0 Å². The van der Waals surface area contributed by atoms with Gasteiger partial charge < -0.3 is 9.67 Å². The molecule has 2 heterocycles. The molecule has 1 aliphatic heterocycles. The number of hydrogen-bond acceptors (Lipinski definition) is 2. The van der Waals surface area contributed by atoms with E-state index in [1.165, 1.54) is 23.2 Å². The van der Waals surface area contributed by atoms with Gasteiger partial charge >= 0.3 is 0 Å². The topological polar surface area (TPSA) is 38.1 Å². The Balaban J connectivity index is 1.84. The molecule has 3 nitrogen and oxygen atoms in total. The molecule has 3 heteroatoms. The van der Waals surface area contributed by atoms with E-state index in [9.17, 15) is 5.11 Å². The van der Waals surface area contributed by atoms with Crippen LogP contribution in [0.2, 0.25) is 0 Å². The highest BCUT2D eigenvalue weighted by molar-refractivity contribution is 5.69. The van der Waals surface area contributed by atoms with E-state index >= 15 is 0 Å². The first-order valence-electron chi connectivity index (χ1n) is 7.15. The van der Waals surface area contributed by atoms with Crippen LogP contribution in [0.4, 0.5) is 0 Å². The molecule has 0 radical (unpaired) electrons. The fourth-order valence-corrected chi connectivity index (χ4v) is 3.82. The van der Waals surface area contributed by atoms with E-state index in [2.05, 4.69) is 33.8 Å². The number of aliphatic hydroxyl groups is 1. The third-order valence-electron chi connectivity index (χ3n) is 4.71. The Labute approximate surface area is 112 Å². The summed E-state index contributed by atoms with van der Waals surface area (Å²) in [6, 6.07) is 8.81. The molecule has 1 aliphatic carbocycles. The van der Waals surface area contributed by atoms with Crippen molar-refractivity contribution in [2.45, 2.75) is 37.8 Å². The highest BCUT2D eigenvalue weighted by Crippen LogP contribution is 2.46. The fourth-order valence-electron chi connectivity index (χ4n) is 3.82. The van der Waals surface area contributed by atoms with Crippen molar-refractivity contribution in [2.75, 3.05) is 0 Å². The van der Waals surface area contributed by atoms with Gasteiger partial charge in [0.1, 0.15) is 0 Å². The van der Waals surface area contributed by atoms with Gasteiger partial charge in [-0.15, -0.1) is 0 Å². The summed E-state index contributed by atoms with van der Waals surface area (Å²) in [4.78, 5) is 4.29. The van der Waals surface area contributed by atoms with Crippen molar-refractivity contribution in [1.29, 1.82) is 0 Å². The summed E-state index contributed by atoms with van der Waals surface area (Å²) in [6.07, 6.45) is 8.11. The Kier molecular flexibility index (Phi) is 2.49. The molecule has 98 valence electrons. The average Bonchev–Trinajstić information content (AvgIpc) is 3.00. The van der Waals surface area contributed by atoms with Crippen molar-refractivity contribution in [3.63, 3.8) is 0 Å². The van der Waals surface area contributed by atoms with Gasteiger partial charge in [-0.25, -0.2) is 4.98 Å². The normalized spacial score (nSPS) is 29.0. The van der Waals surface area contributed by atoms with E-state index in [4.69, 9.17) is 0 Å². The van der Waals surface area contributed by atoms with Crippen LogP contribution >= 0.6 is 0 Å². The standard InChI is InChI=1S/C16H18N2O/c19-15-8-4-3-7-13(15)16-12-6-2-1-5-11(12)14-9-17-10-18(14)16/h1-2,5-6,9-10,13,15-16,19H,3-4,7-8H2/t13-,15+,16?/m1/s1. The number of nitrogens with zero attached hydrogens (tertiary/aromatic N) is 2. The zero-order chi connectivity index (χ0) is 12.8. The maximum atomic E-state index is 10.4. The summed E-state index contributed by atoms with van der Waals surface area (Å²) in [7, 11) is 0. The molecule has 0 amide bonds. The van der Waals surface area contributed by atoms with Gasteiger partial charge in [0.2, 0.25) is 0 Å². The van der Waals surface area contributed by atoms with E-state index in [1.807, 2.05) is 12.5 Å². The predicted molar refractivity (Wildman–Crippen MR) is 73.8 cm³/mol. The molecule has 1 fully saturated rings. The Hall–Kier alpha value is -1.61. The second-order valence-corrected chi connectivity index (χ2v) is 5.73. The molecule has 0 saturated heterocycles. The van der Waals surface area contributed by atoms with Crippen LogP contribution in [0.15, 0.2) is 36.8 Å². The average molecular weight is 254 g/mol. The van der Waals surface area contributed by atoms with E-state index in [-0.39, 0.29) is 12.1 Å². The lowest BCUT2D eigenvalue weighted by molar-refractivity contribution is 0.0504. The monoisotopic (exact) mass is 254 g/mol. The number of rotatable bonds is 1. The van der Waals surface area contributed by atoms with Crippen LogP contribution in [0.5, 0.6) is 0 Å². The van der Waals surface area contributed by atoms with Crippen LogP contribution in [-0.2, 0) is 0 Å². The van der Waals surface area contributed by atoms with Crippen LogP contribution < -0.4 is 0 Å². The Morgan fingerprint density at radius 1 is 1.16 bits per heavy atom. The van der Waals surface area contributed by atoms with Gasteiger partial charge in [0.15, 0.2) is 0 Å². The first kappa shape index (κ1) is 11.2. The highest BCUT2D eigenvalue weighted by atomic mass is 16.3. The lowest BCUT2D eigenvalue weighted by Gasteiger charge is -2.33. The summed E-state index contributed by atoms with van der Waals surface area (Å²) in [5.74, 6) is 0.324. The summed E-state index contributed by atoms with van der Waals surface area (Å²) in [5.41, 5.74) is 3.83. The predicted octanol–water partition coefficient (Wildman–Crippen LogP) is 3.00. The molecular weight excluding hydrogens is 236 g/mol. The molecule has 1 aromatic heterocycles. The van der Waals surface area contributed by atoms with Gasteiger partial charge in [0.25, 0.3) is 0 Å². The lowest BCUT2D eigenvalue weighted by atomic mass is 9.79. The SMILES string of the molecule is O[C@H]1CCCC[C@H]1C1c2ccccc2-c2cncn21. The molecular formula is C16H18N2O. The smallest absolute Gasteiger partial charge is 0.0956 e. The molecule has 1 saturated carbocycles. The Bertz CT molecular complexity index is 604. The van der Waals surface area contributed by atoms with Gasteiger partial charge in [-0.2, -0.15) is 0 Å². The molecule has 4 rings (SSSR count). The van der Waals surface area contributed by atoms with Gasteiger partial charge in [-0.05, 0) is 18.4 Å². The first-order valence-corrected chi connectivity index (χ1v) is 7.15. The van der Waals surface area contributed by atoms with Gasteiger partial charge in [0, 0.05) is 11.5 Å². The van der Waals surface area contributed by atoms with Gasteiger partial charge in [0.05, 0.1) is 30.4 Å². The first-order chi connectivity index (χ1) is 9.36. The summed E-state index contributed by atoms with van der Waals surface area (Å²) < 4.78 is 2.25. The summed E-state index contributed by atoms with van der Waals surface area (Å²) in [5, 5.41) is 10.4. The van der Waals surface area contributed by atoms with Gasteiger partial charge in [-0.3, -0.25) is 0 Å². The molecule has 2 aromatic rings. The number of hydrogen-bond donors (Lipinski definition) is 1. The number of aromatic nitrogens is 2. The van der Waals surface area contributed by atoms with Crippen molar-refractivity contribution in [1.82, 2.24) is 9.55 Å². The third kappa shape index (κ3) is 1.58. The van der Waals surface area contributed by atoms with Crippen molar-refractivity contribution in [2.24, 2.45) is 5.92 Å². The molecule has 19 heavy (non-hydrogen) atoms. The molecule has 0 spiro atoms. The Morgan fingerprint density at radius 2 is 2.00 bits per heavy atom. The minimum atomic E-state index is -0.180. The second-order valence-electron chi connectivity index (χ2n) is 5.73. The maximum absolute atomic E-state index is 10.4. The van der Waals surface area contributed by atoms with E-state index in [1.54, 1.807) is 0 Å². The van der Waals surface area contributed by atoms with Crippen molar-refractivity contribution in [3.8, 4) is 11.3 Å². The largest absolute Gasteiger partial charge is 0.393 e. The van der Waals surface area contributed by atoms with Crippen LogP contribution in [0.25, 0.3) is 11.3 Å². The van der Waals surface area contributed by atoms with Crippen LogP contribution in [0, 0.1) is 5.92 Å². The molecule has 1 N–H and O–H groups in total. The number of fused-ring (bicyclic) bond motifs is 3.